The van der Waals surface area contributed by atoms with Gasteiger partial charge in [0, 0.05) is 12.8 Å². The highest BCUT2D eigenvalue weighted by Gasteiger charge is 2.30. The normalized spacial score (nSPS) is 25.3. The molecule has 1 fully saturated rings. The van der Waals surface area contributed by atoms with Gasteiger partial charge in [0.15, 0.2) is 0 Å². The topological polar surface area (TPSA) is 44.8 Å². The van der Waals surface area contributed by atoms with Crippen molar-refractivity contribution in [1.82, 2.24) is 0 Å². The van der Waals surface area contributed by atoms with Gasteiger partial charge in [-0.1, -0.05) is 42.5 Å². The molecule has 0 spiro atoms. The Bertz CT molecular complexity index is 483. The van der Waals surface area contributed by atoms with Crippen molar-refractivity contribution in [3.63, 3.8) is 0 Å². The first kappa shape index (κ1) is 16.7. The van der Waals surface area contributed by atoms with E-state index in [1.54, 1.807) is 0 Å². The van der Waals surface area contributed by atoms with Crippen LogP contribution in [0.2, 0.25) is 0 Å². The van der Waals surface area contributed by atoms with Crippen LogP contribution in [-0.2, 0) is 25.6 Å². The number of allylic oxidation sites excluding steroid dienone is 1. The van der Waals surface area contributed by atoms with Crippen LogP contribution in [0.25, 0.3) is 0 Å². The Labute approximate surface area is 132 Å². The number of methoxy groups -OCH3 is 1. The van der Waals surface area contributed by atoms with E-state index < -0.39 is 0 Å². The summed E-state index contributed by atoms with van der Waals surface area (Å²) in [7, 11) is 1.40. The quantitative estimate of drug-likeness (QED) is 0.598. The minimum absolute atomic E-state index is 0.00539. The van der Waals surface area contributed by atoms with Crippen LogP contribution in [-0.4, -0.2) is 31.4 Å². The van der Waals surface area contributed by atoms with Gasteiger partial charge in [-0.2, -0.15) is 0 Å². The standard InChI is InChI=1S/C18H24O4/c1-3-7-15-10-16(11-17(22-15)12-18(19)20-2)21-13-14-8-5-4-6-9-14/h3-9,15-17H,10-13H2,1-2H3/b7-3+/t15-,16+,17-/m1/s1. The van der Waals surface area contributed by atoms with Crippen LogP contribution in [0.15, 0.2) is 42.5 Å². The number of carbonyl (C=O) groups excluding carboxylic acids is 1. The number of rotatable bonds is 6. The maximum absolute atomic E-state index is 11.5. The number of carbonyl (C=O) groups is 1. The maximum Gasteiger partial charge on any atom is 0.308 e. The Morgan fingerprint density at radius 1 is 1.32 bits per heavy atom. The first-order chi connectivity index (χ1) is 10.7. The van der Waals surface area contributed by atoms with Crippen molar-refractivity contribution < 1.29 is 19.0 Å². The molecule has 0 bridgehead atoms. The van der Waals surface area contributed by atoms with Gasteiger partial charge in [-0.3, -0.25) is 4.79 Å². The minimum Gasteiger partial charge on any atom is -0.469 e. The Morgan fingerprint density at radius 2 is 2.09 bits per heavy atom. The van der Waals surface area contributed by atoms with Crippen molar-refractivity contribution in [2.45, 2.75) is 51.1 Å². The number of ether oxygens (including phenoxy) is 3. The van der Waals surface area contributed by atoms with Gasteiger partial charge in [0.25, 0.3) is 0 Å². The molecule has 0 aliphatic carbocycles. The summed E-state index contributed by atoms with van der Waals surface area (Å²) in [6.45, 7) is 2.55. The third kappa shape index (κ3) is 5.28. The zero-order chi connectivity index (χ0) is 15.8. The number of benzene rings is 1. The van der Waals surface area contributed by atoms with E-state index in [4.69, 9.17) is 14.2 Å². The van der Waals surface area contributed by atoms with Gasteiger partial charge >= 0.3 is 5.97 Å². The fourth-order valence-corrected chi connectivity index (χ4v) is 2.67. The molecular formula is C18H24O4. The molecule has 4 nitrogen and oxygen atoms in total. The number of hydrogen-bond acceptors (Lipinski definition) is 4. The number of hydrogen-bond donors (Lipinski definition) is 0. The Kier molecular flexibility index (Phi) is 6.62. The van der Waals surface area contributed by atoms with E-state index in [2.05, 4.69) is 12.1 Å². The molecule has 4 heteroatoms. The molecule has 3 atom stereocenters. The number of esters is 1. The molecule has 120 valence electrons. The fourth-order valence-electron chi connectivity index (χ4n) is 2.67. The van der Waals surface area contributed by atoms with Crippen molar-refractivity contribution in [1.29, 1.82) is 0 Å². The zero-order valence-corrected chi connectivity index (χ0v) is 13.2. The lowest BCUT2D eigenvalue weighted by Gasteiger charge is -2.33. The SMILES string of the molecule is C/C=C/[C@@H]1C[C@H](OCc2ccccc2)C[C@H](CC(=O)OC)O1. The summed E-state index contributed by atoms with van der Waals surface area (Å²) in [5.74, 6) is -0.243. The van der Waals surface area contributed by atoms with Gasteiger partial charge in [-0.25, -0.2) is 0 Å². The second-order valence-corrected chi connectivity index (χ2v) is 5.49. The molecule has 1 heterocycles. The lowest BCUT2D eigenvalue weighted by Crippen LogP contribution is -2.37. The van der Waals surface area contributed by atoms with E-state index in [0.29, 0.717) is 6.61 Å². The van der Waals surface area contributed by atoms with Crippen LogP contribution in [0.5, 0.6) is 0 Å². The monoisotopic (exact) mass is 304 g/mol. The Hall–Kier alpha value is -1.65. The third-order valence-electron chi connectivity index (χ3n) is 3.75. The summed E-state index contributed by atoms with van der Waals surface area (Å²) >= 11 is 0. The summed E-state index contributed by atoms with van der Waals surface area (Å²) in [5.41, 5.74) is 1.15. The predicted molar refractivity (Wildman–Crippen MR) is 84.4 cm³/mol. The highest BCUT2D eigenvalue weighted by Crippen LogP contribution is 2.26. The van der Waals surface area contributed by atoms with E-state index in [1.807, 2.05) is 37.3 Å². The average molecular weight is 304 g/mol. The fraction of sp³-hybridized carbons (Fsp3) is 0.500. The first-order valence-corrected chi connectivity index (χ1v) is 7.72. The molecule has 0 amide bonds. The summed E-state index contributed by atoms with van der Waals surface area (Å²) in [5, 5.41) is 0. The molecule has 1 aromatic carbocycles. The lowest BCUT2D eigenvalue weighted by molar-refractivity contribution is -0.150. The molecule has 2 rings (SSSR count). The van der Waals surface area contributed by atoms with Gasteiger partial charge in [-0.05, 0) is 12.5 Å². The van der Waals surface area contributed by atoms with Crippen molar-refractivity contribution >= 4 is 5.97 Å². The molecule has 22 heavy (non-hydrogen) atoms. The highest BCUT2D eigenvalue weighted by atomic mass is 16.5. The second-order valence-electron chi connectivity index (χ2n) is 5.49. The third-order valence-corrected chi connectivity index (χ3v) is 3.75. The van der Waals surface area contributed by atoms with E-state index in [-0.39, 0.29) is 30.7 Å². The van der Waals surface area contributed by atoms with Crippen molar-refractivity contribution in [3.05, 3.63) is 48.0 Å². The lowest BCUT2D eigenvalue weighted by atomic mass is 9.98. The molecule has 1 aliphatic heterocycles. The molecule has 1 saturated heterocycles. The van der Waals surface area contributed by atoms with Gasteiger partial charge < -0.3 is 14.2 Å². The van der Waals surface area contributed by atoms with Crippen LogP contribution in [0, 0.1) is 0 Å². The summed E-state index contributed by atoms with van der Waals surface area (Å²) < 4.78 is 16.7. The van der Waals surface area contributed by atoms with E-state index in [1.165, 1.54) is 7.11 Å². The smallest absolute Gasteiger partial charge is 0.308 e. The van der Waals surface area contributed by atoms with Crippen molar-refractivity contribution in [3.8, 4) is 0 Å². The van der Waals surface area contributed by atoms with Gasteiger partial charge in [-0.15, -0.1) is 0 Å². The summed E-state index contributed by atoms with van der Waals surface area (Å²) in [6, 6.07) is 10.1. The molecule has 0 aromatic heterocycles. The van der Waals surface area contributed by atoms with Gasteiger partial charge in [0.1, 0.15) is 0 Å². The van der Waals surface area contributed by atoms with Crippen LogP contribution in [0.1, 0.15) is 31.7 Å². The van der Waals surface area contributed by atoms with Crippen molar-refractivity contribution in [2.75, 3.05) is 7.11 Å². The molecule has 0 saturated carbocycles. The van der Waals surface area contributed by atoms with Crippen molar-refractivity contribution in [2.24, 2.45) is 0 Å². The maximum atomic E-state index is 11.5. The highest BCUT2D eigenvalue weighted by molar-refractivity contribution is 5.69. The first-order valence-electron chi connectivity index (χ1n) is 7.72. The Balaban J connectivity index is 1.92. The predicted octanol–water partition coefficient (Wildman–Crippen LogP) is 3.26. The van der Waals surface area contributed by atoms with Gasteiger partial charge in [0.2, 0.25) is 0 Å². The zero-order valence-electron chi connectivity index (χ0n) is 13.2. The van der Waals surface area contributed by atoms with E-state index in [0.717, 1.165) is 18.4 Å². The van der Waals surface area contributed by atoms with Crippen LogP contribution in [0.4, 0.5) is 0 Å². The van der Waals surface area contributed by atoms with Crippen LogP contribution in [0.3, 0.4) is 0 Å². The molecule has 1 aromatic rings. The minimum atomic E-state index is -0.243. The second kappa shape index (κ2) is 8.71. The average Bonchev–Trinajstić information content (AvgIpc) is 2.54. The molecule has 0 radical (unpaired) electrons. The molecule has 1 aliphatic rings. The summed E-state index contributed by atoms with van der Waals surface area (Å²) in [4.78, 5) is 11.5. The largest absolute Gasteiger partial charge is 0.469 e. The van der Waals surface area contributed by atoms with E-state index in [9.17, 15) is 4.79 Å². The summed E-state index contributed by atoms with van der Waals surface area (Å²) in [6.07, 6.45) is 5.73. The van der Waals surface area contributed by atoms with E-state index >= 15 is 0 Å². The molecule has 0 unspecified atom stereocenters. The van der Waals surface area contributed by atoms with Crippen LogP contribution < -0.4 is 0 Å². The Morgan fingerprint density at radius 3 is 2.77 bits per heavy atom. The van der Waals surface area contributed by atoms with Crippen LogP contribution >= 0.6 is 0 Å². The molecular weight excluding hydrogens is 280 g/mol. The molecule has 0 N–H and O–H groups in total. The van der Waals surface area contributed by atoms with Gasteiger partial charge in [0.05, 0.1) is 38.4 Å².